The Morgan fingerprint density at radius 3 is 2.57 bits per heavy atom. The second kappa shape index (κ2) is 9.71. The first kappa shape index (κ1) is 18.8. The van der Waals surface area contributed by atoms with Crippen molar-refractivity contribution in [1.29, 1.82) is 0 Å². The highest BCUT2D eigenvalue weighted by atomic mass is 16.5. The Kier molecular flexibility index (Phi) is 7.94. The lowest BCUT2D eigenvalue weighted by atomic mass is 10.1. The van der Waals surface area contributed by atoms with E-state index in [1.54, 1.807) is 33.2 Å². The number of hydrogen-bond acceptors (Lipinski definition) is 3. The van der Waals surface area contributed by atoms with Crippen LogP contribution in [-0.4, -0.2) is 58.1 Å². The van der Waals surface area contributed by atoms with Gasteiger partial charge in [0.15, 0.2) is 5.96 Å². The first-order valence-corrected chi connectivity index (χ1v) is 7.76. The second-order valence-electron chi connectivity index (χ2n) is 5.52. The van der Waals surface area contributed by atoms with Gasteiger partial charge in [0.05, 0.1) is 7.11 Å². The van der Waals surface area contributed by atoms with Gasteiger partial charge in [-0.3, -0.25) is 9.79 Å². The molecule has 0 saturated carbocycles. The summed E-state index contributed by atoms with van der Waals surface area (Å²) in [6.45, 7) is 3.35. The van der Waals surface area contributed by atoms with Crippen LogP contribution in [0, 0.1) is 6.92 Å². The summed E-state index contributed by atoms with van der Waals surface area (Å²) in [6, 6.07) is 6.22. The SMILES string of the molecule is CN=C(NCCC(=O)N(C)C)NCCc1ccc(C)c(OC)c1. The lowest BCUT2D eigenvalue weighted by Gasteiger charge is -2.14. The van der Waals surface area contributed by atoms with Crippen molar-refractivity contribution in [1.82, 2.24) is 15.5 Å². The van der Waals surface area contributed by atoms with E-state index in [4.69, 9.17) is 4.74 Å². The fourth-order valence-electron chi connectivity index (χ4n) is 2.08. The van der Waals surface area contributed by atoms with Crippen LogP contribution in [0.5, 0.6) is 5.75 Å². The number of nitrogens with one attached hydrogen (secondary N) is 2. The van der Waals surface area contributed by atoms with Gasteiger partial charge in [-0.2, -0.15) is 0 Å². The second-order valence-corrected chi connectivity index (χ2v) is 5.52. The van der Waals surface area contributed by atoms with Crippen LogP contribution in [-0.2, 0) is 11.2 Å². The Bertz CT molecular complexity index is 541. The molecule has 1 aromatic rings. The molecule has 0 radical (unpaired) electrons. The van der Waals surface area contributed by atoms with E-state index in [1.807, 2.05) is 6.92 Å². The van der Waals surface area contributed by atoms with Crippen LogP contribution in [0.3, 0.4) is 0 Å². The predicted octanol–water partition coefficient (Wildman–Crippen LogP) is 1.19. The van der Waals surface area contributed by atoms with E-state index < -0.39 is 0 Å². The summed E-state index contributed by atoms with van der Waals surface area (Å²) < 4.78 is 5.34. The molecule has 0 unspecified atom stereocenters. The zero-order valence-corrected chi connectivity index (χ0v) is 14.8. The molecule has 0 spiro atoms. The Morgan fingerprint density at radius 1 is 1.26 bits per heavy atom. The van der Waals surface area contributed by atoms with Gasteiger partial charge in [0.1, 0.15) is 5.75 Å². The van der Waals surface area contributed by atoms with E-state index in [0.717, 1.165) is 24.3 Å². The van der Waals surface area contributed by atoms with E-state index in [0.29, 0.717) is 18.9 Å². The first-order valence-electron chi connectivity index (χ1n) is 7.76. The molecule has 2 N–H and O–H groups in total. The number of aryl methyl sites for hydroxylation is 1. The largest absolute Gasteiger partial charge is 0.496 e. The van der Waals surface area contributed by atoms with E-state index >= 15 is 0 Å². The highest BCUT2D eigenvalue weighted by molar-refractivity contribution is 5.81. The lowest BCUT2D eigenvalue weighted by molar-refractivity contribution is -0.128. The zero-order chi connectivity index (χ0) is 17.2. The van der Waals surface area contributed by atoms with Gasteiger partial charge in [-0.25, -0.2) is 0 Å². The Morgan fingerprint density at radius 2 is 1.96 bits per heavy atom. The van der Waals surface area contributed by atoms with Crippen molar-refractivity contribution in [2.24, 2.45) is 4.99 Å². The average molecular weight is 320 g/mol. The standard InChI is InChI=1S/C17H28N4O2/c1-13-6-7-14(12-15(13)23-5)8-10-19-17(18-2)20-11-9-16(22)21(3)4/h6-7,12H,8-11H2,1-5H3,(H2,18,19,20). The van der Waals surface area contributed by atoms with Crippen LogP contribution < -0.4 is 15.4 Å². The number of methoxy groups -OCH3 is 1. The molecule has 0 aliphatic heterocycles. The molecule has 1 rings (SSSR count). The Balaban J connectivity index is 2.36. The van der Waals surface area contributed by atoms with Crippen LogP contribution in [0.4, 0.5) is 0 Å². The van der Waals surface area contributed by atoms with Crippen LogP contribution in [0.2, 0.25) is 0 Å². The summed E-state index contributed by atoms with van der Waals surface area (Å²) in [6.07, 6.45) is 1.32. The molecule has 6 nitrogen and oxygen atoms in total. The van der Waals surface area contributed by atoms with Crippen molar-refractivity contribution >= 4 is 11.9 Å². The fraction of sp³-hybridized carbons (Fsp3) is 0.529. The molecule has 0 bridgehead atoms. The maximum Gasteiger partial charge on any atom is 0.223 e. The van der Waals surface area contributed by atoms with Crippen LogP contribution in [0.1, 0.15) is 17.5 Å². The number of hydrogen-bond donors (Lipinski definition) is 2. The minimum Gasteiger partial charge on any atom is -0.496 e. The number of carbonyl (C=O) groups excluding carboxylic acids is 1. The maximum atomic E-state index is 11.5. The summed E-state index contributed by atoms with van der Waals surface area (Å²) >= 11 is 0. The van der Waals surface area contributed by atoms with Crippen LogP contribution in [0.25, 0.3) is 0 Å². The highest BCUT2D eigenvalue weighted by Crippen LogP contribution is 2.18. The van der Waals surface area contributed by atoms with Gasteiger partial charge >= 0.3 is 0 Å². The third kappa shape index (κ3) is 6.59. The first-order chi connectivity index (χ1) is 11.0. The molecule has 0 saturated heterocycles. The van der Waals surface area contributed by atoms with Gasteiger partial charge in [-0.15, -0.1) is 0 Å². The molecule has 0 aromatic heterocycles. The summed E-state index contributed by atoms with van der Waals surface area (Å²) in [5.74, 6) is 1.71. The highest BCUT2D eigenvalue weighted by Gasteiger charge is 2.05. The molecule has 0 heterocycles. The predicted molar refractivity (Wildman–Crippen MR) is 94.1 cm³/mol. The normalized spacial score (nSPS) is 11.1. The minimum absolute atomic E-state index is 0.0969. The molecule has 128 valence electrons. The summed E-state index contributed by atoms with van der Waals surface area (Å²) in [7, 11) is 6.92. The number of aliphatic imine (C=N–C) groups is 1. The third-order valence-corrected chi connectivity index (χ3v) is 3.53. The number of carbonyl (C=O) groups is 1. The number of nitrogens with zero attached hydrogens (tertiary/aromatic N) is 2. The van der Waals surface area contributed by atoms with Crippen LogP contribution in [0.15, 0.2) is 23.2 Å². The zero-order valence-electron chi connectivity index (χ0n) is 14.8. The van der Waals surface area contributed by atoms with Crippen molar-refractivity contribution in [3.05, 3.63) is 29.3 Å². The van der Waals surface area contributed by atoms with Gasteiger partial charge in [-0.05, 0) is 30.5 Å². The molecule has 1 amide bonds. The van der Waals surface area contributed by atoms with E-state index in [2.05, 4.69) is 33.8 Å². The minimum atomic E-state index is 0.0969. The molecule has 23 heavy (non-hydrogen) atoms. The van der Waals surface area contributed by atoms with Crippen molar-refractivity contribution in [3.8, 4) is 5.75 Å². The summed E-state index contributed by atoms with van der Waals surface area (Å²) in [5.41, 5.74) is 2.34. The van der Waals surface area contributed by atoms with E-state index in [9.17, 15) is 4.79 Å². The maximum absolute atomic E-state index is 11.5. The number of amides is 1. The Labute approximate surface area is 138 Å². The van der Waals surface area contributed by atoms with Gasteiger partial charge < -0.3 is 20.3 Å². The van der Waals surface area contributed by atoms with Gasteiger partial charge in [0.2, 0.25) is 5.91 Å². The number of benzene rings is 1. The molecular weight excluding hydrogens is 292 g/mol. The molecule has 0 aliphatic carbocycles. The molecule has 0 aliphatic rings. The fourth-order valence-corrected chi connectivity index (χ4v) is 2.08. The third-order valence-electron chi connectivity index (χ3n) is 3.53. The van der Waals surface area contributed by atoms with Gasteiger partial charge in [-0.1, -0.05) is 12.1 Å². The van der Waals surface area contributed by atoms with Crippen molar-refractivity contribution in [2.75, 3.05) is 41.3 Å². The summed E-state index contributed by atoms with van der Waals surface area (Å²) in [4.78, 5) is 17.3. The van der Waals surface area contributed by atoms with E-state index in [1.165, 1.54) is 5.56 Å². The van der Waals surface area contributed by atoms with E-state index in [-0.39, 0.29) is 5.91 Å². The molecular formula is C17H28N4O2. The number of rotatable bonds is 7. The molecule has 0 fully saturated rings. The van der Waals surface area contributed by atoms with Gasteiger partial charge in [0, 0.05) is 40.7 Å². The van der Waals surface area contributed by atoms with Crippen molar-refractivity contribution in [3.63, 3.8) is 0 Å². The molecule has 6 heteroatoms. The average Bonchev–Trinajstić information content (AvgIpc) is 2.54. The molecule has 0 atom stereocenters. The smallest absolute Gasteiger partial charge is 0.223 e. The lowest BCUT2D eigenvalue weighted by Crippen LogP contribution is -2.40. The van der Waals surface area contributed by atoms with Gasteiger partial charge in [0.25, 0.3) is 0 Å². The topological polar surface area (TPSA) is 66.0 Å². The van der Waals surface area contributed by atoms with Crippen molar-refractivity contribution in [2.45, 2.75) is 19.8 Å². The quantitative estimate of drug-likeness (QED) is 0.585. The monoisotopic (exact) mass is 320 g/mol. The number of ether oxygens (including phenoxy) is 1. The Hall–Kier alpha value is -2.24. The summed E-state index contributed by atoms with van der Waals surface area (Å²) in [5, 5.41) is 6.39. The molecule has 1 aromatic carbocycles. The number of guanidine groups is 1. The van der Waals surface area contributed by atoms with Crippen molar-refractivity contribution < 1.29 is 9.53 Å². The van der Waals surface area contributed by atoms with Crippen LogP contribution >= 0.6 is 0 Å².